The summed E-state index contributed by atoms with van der Waals surface area (Å²) in [7, 11) is 0. The Bertz CT molecular complexity index is 287. The fraction of sp³-hybridized carbons (Fsp3) is 0.429. The van der Waals surface area contributed by atoms with E-state index in [1.54, 1.807) is 6.20 Å². The molecule has 1 amide bonds. The number of aromatic nitrogens is 1. The molecule has 0 bridgehead atoms. The average Bonchev–Trinajstić information content (AvgIpc) is 2.48. The van der Waals surface area contributed by atoms with E-state index in [-0.39, 0.29) is 13.2 Å². The van der Waals surface area contributed by atoms with Gasteiger partial charge in [-0.15, -0.1) is 11.3 Å². The number of ether oxygens (including phenoxy) is 1. The van der Waals surface area contributed by atoms with Crippen LogP contribution in [0, 0.1) is 6.92 Å². The van der Waals surface area contributed by atoms with Gasteiger partial charge in [0.05, 0.1) is 6.61 Å². The molecule has 2 N–H and O–H groups in total. The largest absolute Gasteiger partial charge is 0.447 e. The standard InChI is InChI=1S/C7H10N2O3S/c1-5-4-8-6(13-5)9-7(11)12-3-2-10/h4,10H,2-3H2,1H3,(H,8,9,11). The Hall–Kier alpha value is -1.14. The minimum Gasteiger partial charge on any atom is -0.447 e. The molecule has 1 rings (SSSR count). The maximum absolute atomic E-state index is 10.9. The number of aliphatic hydroxyl groups excluding tert-OH is 1. The molecule has 72 valence electrons. The zero-order valence-corrected chi connectivity index (χ0v) is 7.93. The van der Waals surface area contributed by atoms with E-state index in [1.807, 2.05) is 6.92 Å². The van der Waals surface area contributed by atoms with Crippen LogP contribution in [0.1, 0.15) is 4.88 Å². The van der Waals surface area contributed by atoms with Gasteiger partial charge in [-0.25, -0.2) is 9.78 Å². The zero-order valence-electron chi connectivity index (χ0n) is 7.11. The lowest BCUT2D eigenvalue weighted by molar-refractivity contribution is 0.131. The van der Waals surface area contributed by atoms with Crippen molar-refractivity contribution in [1.82, 2.24) is 4.98 Å². The van der Waals surface area contributed by atoms with Crippen molar-refractivity contribution in [3.05, 3.63) is 11.1 Å². The summed E-state index contributed by atoms with van der Waals surface area (Å²) in [6.07, 6.45) is 1.06. The Morgan fingerprint density at radius 2 is 2.62 bits per heavy atom. The summed E-state index contributed by atoms with van der Waals surface area (Å²) in [5.41, 5.74) is 0. The van der Waals surface area contributed by atoms with Gasteiger partial charge in [-0.1, -0.05) is 0 Å². The maximum atomic E-state index is 10.9. The number of thiazole rings is 1. The molecule has 1 heterocycles. The second-order valence-electron chi connectivity index (χ2n) is 2.26. The van der Waals surface area contributed by atoms with E-state index in [2.05, 4.69) is 15.0 Å². The highest BCUT2D eigenvalue weighted by Crippen LogP contribution is 2.16. The van der Waals surface area contributed by atoms with E-state index in [4.69, 9.17) is 5.11 Å². The predicted molar refractivity (Wildman–Crippen MR) is 48.9 cm³/mol. The Kier molecular flexibility index (Phi) is 3.66. The molecule has 0 aliphatic rings. The number of anilines is 1. The van der Waals surface area contributed by atoms with Crippen molar-refractivity contribution in [1.29, 1.82) is 0 Å². The van der Waals surface area contributed by atoms with Crippen LogP contribution in [0.4, 0.5) is 9.93 Å². The number of aryl methyl sites for hydroxylation is 1. The van der Waals surface area contributed by atoms with E-state index < -0.39 is 6.09 Å². The van der Waals surface area contributed by atoms with Gasteiger partial charge in [-0.3, -0.25) is 5.32 Å². The highest BCUT2D eigenvalue weighted by Gasteiger charge is 2.04. The first-order valence-corrected chi connectivity index (χ1v) is 4.51. The Morgan fingerprint density at radius 1 is 1.85 bits per heavy atom. The van der Waals surface area contributed by atoms with Gasteiger partial charge in [-0.2, -0.15) is 0 Å². The minimum atomic E-state index is -0.594. The Balaban J connectivity index is 2.36. The third kappa shape index (κ3) is 3.39. The number of nitrogens with zero attached hydrogens (tertiary/aromatic N) is 1. The predicted octanol–water partition coefficient (Wildman–Crippen LogP) is 0.992. The molecule has 6 heteroatoms. The van der Waals surface area contributed by atoms with Gasteiger partial charge >= 0.3 is 6.09 Å². The highest BCUT2D eigenvalue weighted by molar-refractivity contribution is 7.15. The Labute approximate surface area is 79.4 Å². The number of amides is 1. The second-order valence-corrected chi connectivity index (χ2v) is 3.50. The van der Waals surface area contributed by atoms with Gasteiger partial charge in [0.15, 0.2) is 5.13 Å². The number of hydrogen-bond acceptors (Lipinski definition) is 5. The molecular formula is C7H10N2O3S. The van der Waals surface area contributed by atoms with Crippen LogP contribution in [0.3, 0.4) is 0 Å². The van der Waals surface area contributed by atoms with Crippen LogP contribution in [0.2, 0.25) is 0 Å². The average molecular weight is 202 g/mol. The fourth-order valence-electron chi connectivity index (χ4n) is 0.674. The molecule has 0 unspecified atom stereocenters. The van der Waals surface area contributed by atoms with E-state index in [0.717, 1.165) is 4.88 Å². The number of rotatable bonds is 3. The molecule has 0 radical (unpaired) electrons. The Morgan fingerprint density at radius 3 is 3.15 bits per heavy atom. The maximum Gasteiger partial charge on any atom is 0.413 e. The van der Waals surface area contributed by atoms with Crippen LogP contribution in [0.5, 0.6) is 0 Å². The molecule has 5 nitrogen and oxygen atoms in total. The van der Waals surface area contributed by atoms with E-state index >= 15 is 0 Å². The highest BCUT2D eigenvalue weighted by atomic mass is 32.1. The van der Waals surface area contributed by atoms with Gasteiger partial charge in [0.2, 0.25) is 0 Å². The van der Waals surface area contributed by atoms with Crippen LogP contribution in [-0.4, -0.2) is 29.4 Å². The van der Waals surface area contributed by atoms with Crippen molar-refractivity contribution in [2.24, 2.45) is 0 Å². The summed E-state index contributed by atoms with van der Waals surface area (Å²) < 4.78 is 4.57. The third-order valence-corrected chi connectivity index (χ3v) is 1.98. The van der Waals surface area contributed by atoms with Crippen molar-refractivity contribution in [3.8, 4) is 0 Å². The molecule has 13 heavy (non-hydrogen) atoms. The number of carbonyl (C=O) groups excluding carboxylic acids is 1. The quantitative estimate of drug-likeness (QED) is 0.766. The summed E-state index contributed by atoms with van der Waals surface area (Å²) in [6, 6.07) is 0. The van der Waals surface area contributed by atoms with Crippen LogP contribution in [0.15, 0.2) is 6.20 Å². The van der Waals surface area contributed by atoms with Gasteiger partial charge < -0.3 is 9.84 Å². The van der Waals surface area contributed by atoms with Crippen molar-refractivity contribution < 1.29 is 14.6 Å². The first kappa shape index (κ1) is 9.94. The summed E-state index contributed by atoms with van der Waals surface area (Å²) in [4.78, 5) is 15.8. The molecule has 1 aromatic heterocycles. The van der Waals surface area contributed by atoms with Gasteiger partial charge in [0.1, 0.15) is 6.61 Å². The number of nitrogens with one attached hydrogen (secondary N) is 1. The lowest BCUT2D eigenvalue weighted by atomic mass is 10.7. The number of carbonyl (C=O) groups is 1. The van der Waals surface area contributed by atoms with Crippen LogP contribution >= 0.6 is 11.3 Å². The summed E-state index contributed by atoms with van der Waals surface area (Å²) in [5, 5.41) is 11.3. The lowest BCUT2D eigenvalue weighted by Crippen LogP contribution is -2.15. The monoisotopic (exact) mass is 202 g/mol. The van der Waals surface area contributed by atoms with Gasteiger partial charge in [0.25, 0.3) is 0 Å². The summed E-state index contributed by atoms with van der Waals surface area (Å²) in [6.45, 7) is 1.71. The van der Waals surface area contributed by atoms with E-state index in [0.29, 0.717) is 5.13 Å². The van der Waals surface area contributed by atoms with Crippen molar-refractivity contribution in [2.45, 2.75) is 6.92 Å². The zero-order chi connectivity index (χ0) is 9.68. The van der Waals surface area contributed by atoms with E-state index in [9.17, 15) is 4.79 Å². The van der Waals surface area contributed by atoms with Crippen molar-refractivity contribution >= 4 is 22.6 Å². The number of aliphatic hydroxyl groups is 1. The third-order valence-electron chi connectivity index (χ3n) is 1.15. The van der Waals surface area contributed by atoms with Crippen molar-refractivity contribution in [3.63, 3.8) is 0 Å². The van der Waals surface area contributed by atoms with Crippen LogP contribution in [-0.2, 0) is 4.74 Å². The molecule has 0 aliphatic heterocycles. The molecular weight excluding hydrogens is 192 g/mol. The minimum absolute atomic E-state index is 0.00378. The van der Waals surface area contributed by atoms with E-state index in [1.165, 1.54) is 11.3 Å². The fourth-order valence-corrected chi connectivity index (χ4v) is 1.32. The molecule has 0 aliphatic carbocycles. The normalized spacial score (nSPS) is 9.69. The molecule has 1 aromatic rings. The molecule has 0 spiro atoms. The van der Waals surface area contributed by atoms with Gasteiger partial charge in [0, 0.05) is 11.1 Å². The van der Waals surface area contributed by atoms with Gasteiger partial charge in [-0.05, 0) is 6.92 Å². The second kappa shape index (κ2) is 4.78. The first-order chi connectivity index (χ1) is 6.22. The van der Waals surface area contributed by atoms with Crippen LogP contribution < -0.4 is 5.32 Å². The topological polar surface area (TPSA) is 71.5 Å². The molecule has 0 atom stereocenters. The molecule has 0 saturated carbocycles. The number of hydrogen-bond donors (Lipinski definition) is 2. The summed E-state index contributed by atoms with van der Waals surface area (Å²) >= 11 is 1.36. The molecule has 0 fully saturated rings. The molecule has 0 saturated heterocycles. The smallest absolute Gasteiger partial charge is 0.413 e. The SMILES string of the molecule is Cc1cnc(NC(=O)OCCO)s1. The lowest BCUT2D eigenvalue weighted by Gasteiger charge is -2.01. The van der Waals surface area contributed by atoms with Crippen LogP contribution in [0.25, 0.3) is 0 Å². The summed E-state index contributed by atoms with van der Waals surface area (Å²) in [5.74, 6) is 0. The van der Waals surface area contributed by atoms with Crippen molar-refractivity contribution in [2.75, 3.05) is 18.5 Å². The molecule has 0 aromatic carbocycles. The first-order valence-electron chi connectivity index (χ1n) is 3.69.